The van der Waals surface area contributed by atoms with E-state index in [4.69, 9.17) is 14.2 Å². The molecule has 11 heteroatoms. The van der Waals surface area contributed by atoms with Gasteiger partial charge < -0.3 is 45.1 Å². The van der Waals surface area contributed by atoms with Crippen LogP contribution in [0.4, 0.5) is 0 Å². The molecule has 1 saturated heterocycles. The number of ether oxygens (including phenoxy) is 3. The minimum Gasteiger partial charge on any atom is -0.454 e. The molecule has 0 aliphatic carbocycles. The van der Waals surface area contributed by atoms with Crippen LogP contribution in [0.3, 0.4) is 0 Å². The summed E-state index contributed by atoms with van der Waals surface area (Å²) >= 11 is 0. The van der Waals surface area contributed by atoms with Crippen LogP contribution in [0.25, 0.3) is 0 Å². The summed E-state index contributed by atoms with van der Waals surface area (Å²) in [6, 6.07) is -1.05. The van der Waals surface area contributed by atoms with Crippen LogP contribution in [0.15, 0.2) is 122 Å². The lowest BCUT2D eigenvalue weighted by molar-refractivity contribution is -0.305. The number of amides is 1. The molecule has 1 fully saturated rings. The fraction of sp³-hybridized carbons (Fsp3) is 0.686. The molecule has 1 heterocycles. The van der Waals surface area contributed by atoms with Crippen molar-refractivity contribution < 1.29 is 49.3 Å². The Morgan fingerprint density at radius 3 is 1.36 bits per heavy atom. The van der Waals surface area contributed by atoms with Crippen molar-refractivity contribution in [2.75, 3.05) is 13.2 Å². The van der Waals surface area contributed by atoms with Crippen molar-refractivity contribution in [2.45, 2.75) is 294 Å². The minimum absolute atomic E-state index is 0.0993. The average molecular weight is 1130 g/mol. The third kappa shape index (κ3) is 44.3. The summed E-state index contributed by atoms with van der Waals surface area (Å²) in [5, 5.41) is 57.0. The second-order valence-corrected chi connectivity index (χ2v) is 21.8. The maximum absolute atomic E-state index is 13.4. The summed E-state index contributed by atoms with van der Waals surface area (Å²) in [5.74, 6) is -1.25. The highest BCUT2D eigenvalue weighted by Gasteiger charge is 2.47. The minimum atomic E-state index is -1.63. The van der Waals surface area contributed by atoms with Crippen LogP contribution in [-0.2, 0) is 23.8 Å². The first kappa shape index (κ1) is 75.1. The molecule has 1 aliphatic heterocycles. The molecule has 0 aromatic heterocycles. The topological polar surface area (TPSA) is 175 Å². The fourth-order valence-electron chi connectivity index (χ4n) is 9.25. The normalized spacial score (nSPS) is 19.5. The number of hydrogen-bond donors (Lipinski definition) is 6. The van der Waals surface area contributed by atoms with Crippen LogP contribution in [0.1, 0.15) is 245 Å². The zero-order valence-corrected chi connectivity index (χ0v) is 51.1. The Labute approximate surface area is 493 Å². The van der Waals surface area contributed by atoms with E-state index < -0.39 is 67.4 Å². The van der Waals surface area contributed by atoms with Crippen molar-refractivity contribution >= 4 is 11.9 Å². The highest BCUT2D eigenvalue weighted by atomic mass is 16.7. The first-order chi connectivity index (χ1) is 39.7. The van der Waals surface area contributed by atoms with Gasteiger partial charge in [0.05, 0.1) is 25.4 Å². The summed E-state index contributed by atoms with van der Waals surface area (Å²) in [7, 11) is 0. The Hall–Kier alpha value is -3.94. The van der Waals surface area contributed by atoms with Crippen LogP contribution < -0.4 is 5.32 Å². The van der Waals surface area contributed by atoms with Gasteiger partial charge in [0.15, 0.2) is 12.4 Å². The Morgan fingerprint density at radius 1 is 0.494 bits per heavy atom. The predicted molar refractivity (Wildman–Crippen MR) is 338 cm³/mol. The smallest absolute Gasteiger partial charge is 0.306 e. The second kappa shape index (κ2) is 56.5. The largest absolute Gasteiger partial charge is 0.454 e. The van der Waals surface area contributed by atoms with E-state index in [0.29, 0.717) is 12.8 Å². The van der Waals surface area contributed by atoms with Crippen molar-refractivity contribution in [2.24, 2.45) is 0 Å². The molecule has 11 nitrogen and oxygen atoms in total. The maximum Gasteiger partial charge on any atom is 0.306 e. The van der Waals surface area contributed by atoms with Crippen molar-refractivity contribution in [3.8, 4) is 0 Å². The van der Waals surface area contributed by atoms with Gasteiger partial charge in [-0.25, -0.2) is 0 Å². The summed E-state index contributed by atoms with van der Waals surface area (Å²) in [6.07, 6.45) is 68.0. The Bertz CT molecular complexity index is 1780. The van der Waals surface area contributed by atoms with E-state index in [9.17, 15) is 35.1 Å². The number of carbonyl (C=O) groups excluding carboxylic acids is 2. The van der Waals surface area contributed by atoms with Crippen molar-refractivity contribution in [3.63, 3.8) is 0 Å². The SMILES string of the molecule is CC/C=C\C/C=C\C/C=C\C/C=C\C/C=C\CCCCCCCCCC(=O)OC1C(OCC(NC(=O)C(O)CCCC/C=C\C/C=C\C/C=C\C/C=C\CCCCC)C(O)/C=C/CCCCCCCCCCC)OC(CO)C(O)C1O. The Kier molecular flexibility index (Phi) is 52.4. The molecule has 0 aromatic rings. The maximum atomic E-state index is 13.4. The van der Waals surface area contributed by atoms with Crippen molar-refractivity contribution in [1.29, 1.82) is 0 Å². The molecule has 1 rings (SSSR count). The van der Waals surface area contributed by atoms with Gasteiger partial charge in [0.2, 0.25) is 5.91 Å². The molecule has 81 heavy (non-hydrogen) atoms. The van der Waals surface area contributed by atoms with Gasteiger partial charge in [-0.3, -0.25) is 9.59 Å². The average Bonchev–Trinajstić information content (AvgIpc) is 3.50. The molecule has 1 amide bonds. The first-order valence-corrected chi connectivity index (χ1v) is 32.3. The summed E-state index contributed by atoms with van der Waals surface area (Å²) in [6.45, 7) is 5.61. The number of nitrogens with one attached hydrogen (secondary N) is 1. The number of esters is 1. The lowest BCUT2D eigenvalue weighted by Gasteiger charge is -2.41. The molecule has 462 valence electrons. The predicted octanol–water partition coefficient (Wildman–Crippen LogP) is 15.8. The Morgan fingerprint density at radius 2 is 0.889 bits per heavy atom. The number of aliphatic hydroxyl groups excluding tert-OH is 5. The van der Waals surface area contributed by atoms with Gasteiger partial charge in [-0.1, -0.05) is 245 Å². The highest BCUT2D eigenvalue weighted by Crippen LogP contribution is 2.26. The van der Waals surface area contributed by atoms with E-state index in [0.717, 1.165) is 141 Å². The third-order valence-electron chi connectivity index (χ3n) is 14.3. The van der Waals surface area contributed by atoms with Gasteiger partial charge in [0, 0.05) is 6.42 Å². The zero-order valence-electron chi connectivity index (χ0n) is 51.1. The van der Waals surface area contributed by atoms with Crippen LogP contribution >= 0.6 is 0 Å². The molecule has 0 aromatic carbocycles. The molecule has 8 atom stereocenters. The first-order valence-electron chi connectivity index (χ1n) is 32.3. The van der Waals surface area contributed by atoms with Crippen LogP contribution in [-0.4, -0.2) is 99.6 Å². The molecule has 0 bridgehead atoms. The van der Waals surface area contributed by atoms with E-state index in [-0.39, 0.29) is 19.4 Å². The van der Waals surface area contributed by atoms with E-state index in [2.05, 4.69) is 135 Å². The molecule has 0 saturated carbocycles. The molecule has 1 aliphatic rings. The van der Waals surface area contributed by atoms with Gasteiger partial charge in [-0.05, 0) is 116 Å². The third-order valence-corrected chi connectivity index (χ3v) is 14.3. The van der Waals surface area contributed by atoms with Crippen molar-refractivity contribution in [3.05, 3.63) is 122 Å². The summed E-state index contributed by atoms with van der Waals surface area (Å²) in [5.41, 5.74) is 0. The van der Waals surface area contributed by atoms with Crippen molar-refractivity contribution in [1.82, 2.24) is 5.32 Å². The number of unbranched alkanes of at least 4 members (excludes halogenated alkanes) is 21. The quantitative estimate of drug-likeness (QED) is 0.0195. The number of aliphatic hydroxyl groups is 5. The van der Waals surface area contributed by atoms with Crippen LogP contribution in [0.2, 0.25) is 0 Å². The number of hydrogen-bond acceptors (Lipinski definition) is 10. The molecular weight excluding hydrogens is 1010 g/mol. The van der Waals surface area contributed by atoms with Gasteiger partial charge in [-0.15, -0.1) is 0 Å². The van der Waals surface area contributed by atoms with Gasteiger partial charge in [-0.2, -0.15) is 0 Å². The number of carbonyl (C=O) groups is 2. The van der Waals surface area contributed by atoms with Crippen LogP contribution in [0.5, 0.6) is 0 Å². The van der Waals surface area contributed by atoms with E-state index in [1.54, 1.807) is 6.08 Å². The van der Waals surface area contributed by atoms with Crippen LogP contribution in [0, 0.1) is 0 Å². The molecule has 8 unspecified atom stereocenters. The molecular formula is C70H117NO10. The van der Waals surface area contributed by atoms with Gasteiger partial charge in [0.25, 0.3) is 0 Å². The summed E-state index contributed by atoms with van der Waals surface area (Å²) in [4.78, 5) is 26.6. The fourth-order valence-corrected chi connectivity index (χ4v) is 9.25. The van der Waals surface area contributed by atoms with E-state index in [1.807, 2.05) is 6.08 Å². The molecule has 0 spiro atoms. The highest BCUT2D eigenvalue weighted by molar-refractivity contribution is 5.80. The lowest BCUT2D eigenvalue weighted by atomic mass is 9.99. The van der Waals surface area contributed by atoms with E-state index in [1.165, 1.54) is 57.8 Å². The van der Waals surface area contributed by atoms with Gasteiger partial charge >= 0.3 is 5.97 Å². The molecule has 6 N–H and O–H groups in total. The molecule has 0 radical (unpaired) electrons. The van der Waals surface area contributed by atoms with Gasteiger partial charge in [0.1, 0.15) is 24.4 Å². The van der Waals surface area contributed by atoms with E-state index >= 15 is 0 Å². The lowest BCUT2D eigenvalue weighted by Crippen LogP contribution is -2.61. The number of allylic oxidation sites excluding steroid dienone is 19. The summed E-state index contributed by atoms with van der Waals surface area (Å²) < 4.78 is 17.6. The number of rotatable bonds is 53. The Balaban J connectivity index is 2.66. The zero-order chi connectivity index (χ0) is 58.9. The monoisotopic (exact) mass is 1130 g/mol. The standard InChI is InChI=1S/C70H117NO10/c1-4-7-10-13-16-19-22-24-26-28-30-31-32-33-34-36-38-40-43-46-49-52-55-58-65(75)81-68-67(77)66(76)64(59-72)80-70(68)79-60-61(62(73)56-53-50-47-44-41-21-18-15-12-9-6-3)71-69(78)63(74)57-54-51-48-45-42-39-37-35-29-27-25-23-20-17-14-11-8-5-2/h7,10,16-17,19-20,24-27,30-31,33-35,37,42,45,53,56,61-64,66-68,70,72-74,76-77H,4-6,8-9,11-15,18,21-23,28-29,32,36,38-41,43-44,46-52,54-55,57-60H2,1-3H3,(H,71,78)/b10-7-,19-16-,20-17-,26-24-,27-25-,31-30-,34-33-,37-35-,45-42-,56-53+. The second-order valence-electron chi connectivity index (χ2n) is 21.8.